The third kappa shape index (κ3) is 1.58. The van der Waals surface area contributed by atoms with Crippen LogP contribution < -0.4 is 0 Å². The zero-order valence-corrected chi connectivity index (χ0v) is 7.76. The minimum absolute atomic E-state index is 0.337. The Morgan fingerprint density at radius 2 is 2.12 bits per heavy atom. The number of fused-ring (bicyclic) bond motifs is 1. The van der Waals surface area contributed by atoms with Crippen molar-refractivity contribution in [2.45, 2.75) is 0 Å². The number of nitrogens with zero attached hydrogens (tertiary/aromatic N) is 1. The predicted molar refractivity (Wildman–Crippen MR) is 61.3 cm³/mol. The highest BCUT2D eigenvalue weighted by Gasteiger charge is 2.20. The summed E-state index contributed by atoms with van der Waals surface area (Å²) in [6, 6.07) is -2.72. The fourth-order valence-corrected chi connectivity index (χ4v) is 1.16. The van der Waals surface area contributed by atoms with Crippen LogP contribution in [0.25, 0.3) is 10.9 Å². The van der Waals surface area contributed by atoms with Crippen molar-refractivity contribution in [1.29, 1.82) is 0 Å². The first-order chi connectivity index (χ1) is 12.1. The van der Waals surface area contributed by atoms with Gasteiger partial charge in [0.2, 0.25) is 0 Å². The van der Waals surface area contributed by atoms with Gasteiger partial charge in [-0.3, -0.25) is 9.59 Å². The van der Waals surface area contributed by atoms with Crippen LogP contribution in [0, 0.1) is 0 Å². The molecule has 0 aliphatic carbocycles. The smallest absolute Gasteiger partial charge is 0.294 e. The van der Waals surface area contributed by atoms with Gasteiger partial charge in [0.05, 0.1) is 12.4 Å². The van der Waals surface area contributed by atoms with Crippen LogP contribution in [0.4, 0.5) is 0 Å². The number of aromatic amines is 1. The zero-order chi connectivity index (χ0) is 21.1. The van der Waals surface area contributed by atoms with Gasteiger partial charge in [0.1, 0.15) is 0 Å². The Labute approximate surface area is 108 Å². The number of ketones is 1. The van der Waals surface area contributed by atoms with E-state index in [0.717, 1.165) is 0 Å². The number of rotatable bonds is 2. The van der Waals surface area contributed by atoms with Gasteiger partial charge in [0.15, 0.2) is 0 Å². The van der Waals surface area contributed by atoms with Gasteiger partial charge in [-0.05, 0) is 6.04 Å². The summed E-state index contributed by atoms with van der Waals surface area (Å²) in [4.78, 5) is 26.6. The summed E-state index contributed by atoms with van der Waals surface area (Å²) in [6.45, 7) is -6.96. The maximum atomic E-state index is 12.6. The molecule has 1 heterocycles. The van der Waals surface area contributed by atoms with Crippen LogP contribution in [-0.4, -0.2) is 35.5 Å². The molecule has 0 atom stereocenters. The Morgan fingerprint density at radius 3 is 2.88 bits per heavy atom. The van der Waals surface area contributed by atoms with E-state index in [1.165, 1.54) is 0 Å². The Kier molecular flexibility index (Phi) is 0.821. The lowest BCUT2D eigenvalue weighted by Crippen LogP contribution is -2.29. The van der Waals surface area contributed by atoms with E-state index in [4.69, 9.17) is 15.1 Å². The second-order valence-corrected chi connectivity index (χ2v) is 2.84. The second-order valence-electron chi connectivity index (χ2n) is 2.84. The quantitative estimate of drug-likeness (QED) is 0.623. The molecule has 1 N–H and O–H groups in total. The number of nitrogens with one attached hydrogen (secondary N) is 1. The summed E-state index contributed by atoms with van der Waals surface area (Å²) in [5, 5.41) is -0.500. The Balaban J connectivity index is 2.75. The molecule has 0 saturated heterocycles. The first kappa shape index (κ1) is 3.45. The molecule has 1 aromatic heterocycles. The molecule has 0 fully saturated rings. The molecule has 16 heavy (non-hydrogen) atoms. The van der Waals surface area contributed by atoms with Crippen molar-refractivity contribution in [3.63, 3.8) is 0 Å². The van der Waals surface area contributed by atoms with E-state index in [-0.39, 0.29) is 5.52 Å². The van der Waals surface area contributed by atoms with Crippen LogP contribution in [-0.2, 0) is 4.79 Å². The van der Waals surface area contributed by atoms with E-state index in [1.807, 2.05) is 0 Å². The number of aromatic nitrogens is 1. The molecule has 82 valence electrons. The van der Waals surface area contributed by atoms with Gasteiger partial charge in [-0.1, -0.05) is 18.1 Å². The van der Waals surface area contributed by atoms with Crippen molar-refractivity contribution in [2.24, 2.45) is 0 Å². The lowest BCUT2D eigenvalue weighted by molar-refractivity contribution is -0.124. The van der Waals surface area contributed by atoms with Crippen LogP contribution in [0.3, 0.4) is 0 Å². The lowest BCUT2D eigenvalue weighted by atomic mass is 10.1. The molecule has 0 radical (unpaired) electrons. The van der Waals surface area contributed by atoms with Crippen LogP contribution >= 0.6 is 0 Å². The van der Waals surface area contributed by atoms with Gasteiger partial charge < -0.3 is 9.88 Å². The van der Waals surface area contributed by atoms with Crippen molar-refractivity contribution in [1.82, 2.24) is 9.88 Å². The third-order valence-corrected chi connectivity index (χ3v) is 1.87. The van der Waals surface area contributed by atoms with Crippen molar-refractivity contribution < 1.29 is 24.7 Å². The number of likely N-dealkylation sites (N-methyl/N-ethyl adjacent to an activating group) is 1. The molecule has 0 saturated carbocycles. The summed E-state index contributed by atoms with van der Waals surface area (Å²) in [6.07, 6.45) is -0.772. The second kappa shape index (κ2) is 3.81. The molecule has 1 amide bonds. The van der Waals surface area contributed by atoms with E-state index in [0.29, 0.717) is 0 Å². The average Bonchev–Trinajstić information content (AvgIpc) is 2.84. The molecule has 0 unspecified atom stereocenters. The molecular formula is C12H12N2O2. The molecule has 2 rings (SSSR count). The lowest BCUT2D eigenvalue weighted by Gasteiger charge is -2.07. The van der Waals surface area contributed by atoms with Gasteiger partial charge in [0, 0.05) is 39.3 Å². The number of H-pyrrole nitrogens is 1. The number of carbonyl (C=O) groups excluding carboxylic acids is 2. The van der Waals surface area contributed by atoms with Gasteiger partial charge in [-0.25, -0.2) is 0 Å². The van der Waals surface area contributed by atoms with Gasteiger partial charge in [0.25, 0.3) is 11.7 Å². The maximum absolute atomic E-state index is 12.6. The maximum Gasteiger partial charge on any atom is 0.294 e. The first-order valence-corrected chi connectivity index (χ1v) is 4.08. The van der Waals surface area contributed by atoms with Gasteiger partial charge in [-0.15, -0.1) is 0 Å². The van der Waals surface area contributed by atoms with Crippen molar-refractivity contribution in [3.8, 4) is 0 Å². The number of Topliss-reactive ketones (excluding diaryl/α,β-unsaturated/α-hetero) is 1. The fraction of sp³-hybridized carbons (Fsp3) is 0.167. The monoisotopic (exact) mass is 227 g/mol. The normalized spacial score (nSPS) is 21.9. The highest BCUT2D eigenvalue weighted by Crippen LogP contribution is 2.18. The number of hydrogen-bond acceptors (Lipinski definition) is 2. The molecule has 4 nitrogen and oxygen atoms in total. The number of benzene rings is 1. The van der Waals surface area contributed by atoms with Crippen LogP contribution in [0.2, 0.25) is 0 Å². The summed E-state index contributed by atoms with van der Waals surface area (Å²) < 4.78 is 81.9. The van der Waals surface area contributed by atoms with E-state index in [2.05, 4.69) is 4.98 Å². The van der Waals surface area contributed by atoms with E-state index in [9.17, 15) is 9.59 Å². The molecule has 2 aromatic rings. The molecule has 0 spiro atoms. The van der Waals surface area contributed by atoms with Crippen molar-refractivity contribution in [3.05, 3.63) is 35.9 Å². The summed E-state index contributed by atoms with van der Waals surface area (Å²) >= 11 is 0. The number of hydrogen-bond donors (Lipinski definition) is 1. The zero-order valence-electron chi connectivity index (χ0n) is 18.8. The fourth-order valence-electron chi connectivity index (χ4n) is 1.16. The summed E-state index contributed by atoms with van der Waals surface area (Å²) in [5.74, 6) is -3.64. The van der Waals surface area contributed by atoms with E-state index < -0.39 is 71.8 Å². The largest absolute Gasteiger partial charge is 0.360 e. The minimum atomic E-state index is -3.48. The highest BCUT2D eigenvalue weighted by molar-refractivity contribution is 6.44. The van der Waals surface area contributed by atoms with Crippen molar-refractivity contribution >= 4 is 22.6 Å². The molecule has 0 bridgehead atoms. The third-order valence-electron chi connectivity index (χ3n) is 1.87. The standard InChI is InChI=1S/C12H12N2O2/c1-14(2)12(16)11(15)9-7-13-10-6-4-3-5-8(9)10/h3-7,13H,1-2H3/i1D3,2D3,3D,4D,5D,6D,7D. The van der Waals surface area contributed by atoms with Crippen LogP contribution in [0.5, 0.6) is 0 Å². The predicted octanol–water partition coefficient (Wildman–Crippen LogP) is 1.44. The summed E-state index contributed by atoms with van der Waals surface area (Å²) in [7, 11) is 0. The van der Waals surface area contributed by atoms with Crippen LogP contribution in [0.15, 0.2) is 30.3 Å². The number of carbonyl (C=O) groups is 2. The first-order valence-electron chi connectivity index (χ1n) is 9.58. The highest BCUT2D eigenvalue weighted by atomic mass is 16.2. The van der Waals surface area contributed by atoms with E-state index in [1.54, 1.807) is 0 Å². The molecule has 1 aromatic carbocycles. The molecular weight excluding hydrogens is 204 g/mol. The van der Waals surface area contributed by atoms with E-state index >= 15 is 0 Å². The Morgan fingerprint density at radius 1 is 1.38 bits per heavy atom. The average molecular weight is 227 g/mol. The molecule has 0 aliphatic heterocycles. The summed E-state index contributed by atoms with van der Waals surface area (Å²) in [5.41, 5.74) is -1.17. The molecule has 0 aliphatic rings. The minimum Gasteiger partial charge on any atom is -0.360 e. The SMILES string of the molecule is [2H]c1[nH]c2c([2H])c([2H])c([2H])c([2H])c2c1C(=O)C(=O)N(C([2H])([2H])[2H])C([2H])([2H])[2H]. The van der Waals surface area contributed by atoms with Crippen LogP contribution in [0.1, 0.15) is 25.4 Å². The molecule has 4 heteroatoms. The Bertz CT molecular complexity index is 943. The Hall–Kier alpha value is -2.10. The topological polar surface area (TPSA) is 53.2 Å². The number of amides is 1. The van der Waals surface area contributed by atoms with Crippen molar-refractivity contribution in [2.75, 3.05) is 14.0 Å². The number of para-hydroxylation sites is 1. The van der Waals surface area contributed by atoms with Gasteiger partial charge in [-0.2, -0.15) is 0 Å². The van der Waals surface area contributed by atoms with Gasteiger partial charge >= 0.3 is 0 Å².